The Bertz CT molecular complexity index is 375. The lowest BCUT2D eigenvalue weighted by atomic mass is 10.3. The van der Waals surface area contributed by atoms with Gasteiger partial charge < -0.3 is 10.4 Å². The SMILES string of the molecule is CC(=O)NCc1cc(C(=O)O)sc1Cl. The maximum atomic E-state index is 10.6. The van der Waals surface area contributed by atoms with Gasteiger partial charge >= 0.3 is 5.97 Å². The van der Waals surface area contributed by atoms with Gasteiger partial charge in [0.1, 0.15) is 4.88 Å². The fourth-order valence-electron chi connectivity index (χ4n) is 0.852. The van der Waals surface area contributed by atoms with Crippen LogP contribution >= 0.6 is 22.9 Å². The van der Waals surface area contributed by atoms with Crippen LogP contribution in [0.1, 0.15) is 22.2 Å². The Balaban J connectivity index is 2.77. The number of carbonyl (C=O) groups is 2. The minimum absolute atomic E-state index is 0.176. The fraction of sp³-hybridized carbons (Fsp3) is 0.250. The molecule has 1 amide bonds. The van der Waals surface area contributed by atoms with E-state index in [-0.39, 0.29) is 17.3 Å². The molecule has 0 fully saturated rings. The fourth-order valence-corrected chi connectivity index (χ4v) is 1.97. The molecule has 0 unspecified atom stereocenters. The van der Waals surface area contributed by atoms with Gasteiger partial charge in [-0.2, -0.15) is 0 Å². The second-order valence-corrected chi connectivity index (χ2v) is 4.28. The molecule has 1 rings (SSSR count). The lowest BCUT2D eigenvalue weighted by Gasteiger charge is -1.98. The average Bonchev–Trinajstić information content (AvgIpc) is 2.43. The third-order valence-corrected chi connectivity index (χ3v) is 2.92. The minimum atomic E-state index is -1.01. The first-order chi connectivity index (χ1) is 6.50. The smallest absolute Gasteiger partial charge is 0.345 e. The zero-order valence-electron chi connectivity index (χ0n) is 7.33. The number of thiophene rings is 1. The summed E-state index contributed by atoms with van der Waals surface area (Å²) >= 11 is 6.77. The van der Waals surface area contributed by atoms with Gasteiger partial charge in [-0.1, -0.05) is 11.6 Å². The monoisotopic (exact) mass is 233 g/mol. The summed E-state index contributed by atoms with van der Waals surface area (Å²) in [5.74, 6) is -1.19. The van der Waals surface area contributed by atoms with Crippen molar-refractivity contribution in [1.29, 1.82) is 0 Å². The molecule has 6 heteroatoms. The van der Waals surface area contributed by atoms with Crippen LogP contribution in [0, 0.1) is 0 Å². The highest BCUT2D eigenvalue weighted by Gasteiger charge is 2.12. The van der Waals surface area contributed by atoms with Crippen LogP contribution in [-0.4, -0.2) is 17.0 Å². The maximum absolute atomic E-state index is 10.6. The number of nitrogens with one attached hydrogen (secondary N) is 1. The zero-order chi connectivity index (χ0) is 10.7. The molecule has 0 aliphatic heterocycles. The normalized spacial score (nSPS) is 9.86. The van der Waals surface area contributed by atoms with Crippen molar-refractivity contribution in [2.24, 2.45) is 0 Å². The molecule has 1 aromatic heterocycles. The third-order valence-electron chi connectivity index (χ3n) is 1.50. The van der Waals surface area contributed by atoms with E-state index in [4.69, 9.17) is 16.7 Å². The van der Waals surface area contributed by atoms with E-state index in [0.29, 0.717) is 9.90 Å². The molecule has 0 saturated heterocycles. The van der Waals surface area contributed by atoms with E-state index in [1.807, 2.05) is 0 Å². The van der Waals surface area contributed by atoms with Crippen molar-refractivity contribution in [3.63, 3.8) is 0 Å². The Labute approximate surface area is 89.5 Å². The van der Waals surface area contributed by atoms with Gasteiger partial charge in [0.05, 0.1) is 4.34 Å². The van der Waals surface area contributed by atoms with Crippen LogP contribution in [-0.2, 0) is 11.3 Å². The maximum Gasteiger partial charge on any atom is 0.345 e. The standard InChI is InChI=1S/C8H8ClNO3S/c1-4(11)10-3-5-2-6(8(12)13)14-7(5)9/h2H,3H2,1H3,(H,10,11)(H,12,13). The Kier molecular flexibility index (Phi) is 3.49. The molecule has 0 aliphatic carbocycles. The van der Waals surface area contributed by atoms with E-state index in [1.165, 1.54) is 13.0 Å². The summed E-state index contributed by atoms with van der Waals surface area (Å²) in [6.07, 6.45) is 0. The van der Waals surface area contributed by atoms with Gasteiger partial charge in [0.2, 0.25) is 5.91 Å². The third kappa shape index (κ3) is 2.71. The predicted molar refractivity (Wildman–Crippen MR) is 53.8 cm³/mol. The predicted octanol–water partition coefficient (Wildman–Crippen LogP) is 1.74. The van der Waals surface area contributed by atoms with Crippen molar-refractivity contribution in [3.8, 4) is 0 Å². The summed E-state index contributed by atoms with van der Waals surface area (Å²) in [6.45, 7) is 1.65. The minimum Gasteiger partial charge on any atom is -0.477 e. The van der Waals surface area contributed by atoms with Crippen LogP contribution in [0.4, 0.5) is 0 Å². The number of carboxylic acids is 1. The zero-order valence-corrected chi connectivity index (χ0v) is 8.91. The largest absolute Gasteiger partial charge is 0.477 e. The Hall–Kier alpha value is -1.07. The average molecular weight is 234 g/mol. The molecule has 0 aromatic carbocycles. The number of hydrogen-bond acceptors (Lipinski definition) is 3. The molecule has 0 bridgehead atoms. The van der Waals surface area contributed by atoms with Crippen molar-refractivity contribution in [1.82, 2.24) is 5.32 Å². The van der Waals surface area contributed by atoms with Crippen molar-refractivity contribution in [2.75, 3.05) is 0 Å². The number of amides is 1. The first-order valence-electron chi connectivity index (χ1n) is 3.76. The molecule has 4 nitrogen and oxygen atoms in total. The summed E-state index contributed by atoms with van der Waals surface area (Å²) in [4.78, 5) is 21.3. The highest BCUT2D eigenvalue weighted by atomic mass is 35.5. The summed E-state index contributed by atoms with van der Waals surface area (Å²) in [6, 6.07) is 1.46. The summed E-state index contributed by atoms with van der Waals surface area (Å²) < 4.78 is 0.399. The Morgan fingerprint density at radius 3 is 2.71 bits per heavy atom. The lowest BCUT2D eigenvalue weighted by Crippen LogP contribution is -2.18. The molecule has 0 radical (unpaired) electrons. The van der Waals surface area contributed by atoms with Gasteiger partial charge in [0, 0.05) is 19.0 Å². The van der Waals surface area contributed by atoms with E-state index in [9.17, 15) is 9.59 Å². The first kappa shape index (κ1) is 11.0. The number of halogens is 1. The highest BCUT2D eigenvalue weighted by molar-refractivity contribution is 7.18. The number of hydrogen-bond donors (Lipinski definition) is 2. The number of aromatic carboxylic acids is 1. The van der Waals surface area contributed by atoms with Gasteiger partial charge in [-0.25, -0.2) is 4.79 Å². The van der Waals surface area contributed by atoms with E-state index in [0.717, 1.165) is 11.3 Å². The van der Waals surface area contributed by atoms with E-state index >= 15 is 0 Å². The van der Waals surface area contributed by atoms with Crippen molar-refractivity contribution < 1.29 is 14.7 Å². The van der Waals surface area contributed by atoms with Gasteiger partial charge in [-0.05, 0) is 6.07 Å². The number of carboxylic acid groups (broad SMARTS) is 1. The molecule has 14 heavy (non-hydrogen) atoms. The molecule has 0 atom stereocenters. The second kappa shape index (κ2) is 4.43. The first-order valence-corrected chi connectivity index (χ1v) is 4.96. The summed E-state index contributed by atoms with van der Waals surface area (Å²) in [5, 5.41) is 11.2. The van der Waals surface area contributed by atoms with Crippen molar-refractivity contribution in [2.45, 2.75) is 13.5 Å². The number of carbonyl (C=O) groups excluding carboxylic acids is 1. The molecule has 2 N–H and O–H groups in total. The quantitative estimate of drug-likeness (QED) is 0.836. The molecule has 1 heterocycles. The topological polar surface area (TPSA) is 66.4 Å². The number of rotatable bonds is 3. The van der Waals surface area contributed by atoms with Crippen molar-refractivity contribution in [3.05, 3.63) is 20.8 Å². The van der Waals surface area contributed by atoms with Crippen LogP contribution < -0.4 is 5.32 Å². The molecular formula is C8H8ClNO3S. The van der Waals surface area contributed by atoms with Gasteiger partial charge in [0.25, 0.3) is 0 Å². The van der Waals surface area contributed by atoms with Crippen LogP contribution in [0.2, 0.25) is 4.34 Å². The van der Waals surface area contributed by atoms with E-state index < -0.39 is 5.97 Å². The van der Waals surface area contributed by atoms with Crippen LogP contribution in [0.15, 0.2) is 6.07 Å². The van der Waals surface area contributed by atoms with Crippen LogP contribution in [0.25, 0.3) is 0 Å². The van der Waals surface area contributed by atoms with E-state index in [2.05, 4.69) is 5.32 Å². The molecule has 0 aliphatic rings. The lowest BCUT2D eigenvalue weighted by molar-refractivity contribution is -0.119. The second-order valence-electron chi connectivity index (χ2n) is 2.62. The highest BCUT2D eigenvalue weighted by Crippen LogP contribution is 2.27. The Morgan fingerprint density at radius 1 is 1.64 bits per heavy atom. The molecule has 0 saturated carbocycles. The molecular weight excluding hydrogens is 226 g/mol. The molecule has 0 spiro atoms. The van der Waals surface area contributed by atoms with Crippen molar-refractivity contribution >= 4 is 34.8 Å². The van der Waals surface area contributed by atoms with Crippen LogP contribution in [0.5, 0.6) is 0 Å². The summed E-state index contributed by atoms with van der Waals surface area (Å²) in [7, 11) is 0. The summed E-state index contributed by atoms with van der Waals surface area (Å²) in [5.41, 5.74) is 0.629. The van der Waals surface area contributed by atoms with E-state index in [1.54, 1.807) is 0 Å². The van der Waals surface area contributed by atoms with Gasteiger partial charge in [-0.15, -0.1) is 11.3 Å². The molecule has 76 valence electrons. The van der Waals surface area contributed by atoms with Gasteiger partial charge in [-0.3, -0.25) is 4.79 Å². The van der Waals surface area contributed by atoms with Crippen LogP contribution in [0.3, 0.4) is 0 Å². The molecule has 1 aromatic rings. The van der Waals surface area contributed by atoms with Gasteiger partial charge in [0.15, 0.2) is 0 Å². The Morgan fingerprint density at radius 2 is 2.29 bits per heavy atom.